The summed E-state index contributed by atoms with van der Waals surface area (Å²) in [6, 6.07) is 22.3. The van der Waals surface area contributed by atoms with Gasteiger partial charge in [0.2, 0.25) is 0 Å². The Morgan fingerprint density at radius 3 is 2.55 bits per heavy atom. The first-order valence-electron chi connectivity index (χ1n) is 10.4. The second kappa shape index (κ2) is 9.05. The molecule has 0 spiro atoms. The van der Waals surface area contributed by atoms with E-state index in [1.54, 1.807) is 23.5 Å². The molecule has 2 aromatic heterocycles. The van der Waals surface area contributed by atoms with Gasteiger partial charge in [-0.3, -0.25) is 10.1 Å². The van der Waals surface area contributed by atoms with E-state index in [0.717, 1.165) is 33.7 Å². The molecule has 0 fully saturated rings. The number of nitro benzene ring substituents is 1. The number of H-pyrrole nitrogens is 1. The Labute approximate surface area is 198 Å². The molecule has 6 nitrogen and oxygen atoms in total. The molecule has 33 heavy (non-hydrogen) atoms. The lowest BCUT2D eigenvalue weighted by Crippen LogP contribution is -2.17. The van der Waals surface area contributed by atoms with Crippen LogP contribution in [-0.4, -0.2) is 14.5 Å². The molecule has 164 valence electrons. The van der Waals surface area contributed by atoms with Gasteiger partial charge in [-0.05, 0) is 60.0 Å². The third-order valence-electron chi connectivity index (χ3n) is 5.50. The highest BCUT2D eigenvalue weighted by Gasteiger charge is 2.12. The highest BCUT2D eigenvalue weighted by Crippen LogP contribution is 2.25. The molecule has 0 aliphatic carbocycles. The second-order valence-corrected chi connectivity index (χ2v) is 8.83. The zero-order valence-corrected chi connectivity index (χ0v) is 19.0. The van der Waals surface area contributed by atoms with Gasteiger partial charge in [0.05, 0.1) is 16.3 Å². The SMILES string of the molecule is O=[N+]([O-])c1ccc(-c2csc(=Nc3ccc(Cl)cc3)n2CCc2c[nH]c3ccccc23)cc1. The minimum atomic E-state index is -0.385. The molecule has 0 amide bonds. The molecule has 0 aliphatic rings. The largest absolute Gasteiger partial charge is 0.361 e. The number of rotatable bonds is 6. The minimum Gasteiger partial charge on any atom is -0.361 e. The number of non-ortho nitro benzene ring substituents is 1. The fraction of sp³-hybridized carbons (Fsp3) is 0.0800. The zero-order chi connectivity index (χ0) is 22.8. The molecule has 0 saturated heterocycles. The number of fused-ring (bicyclic) bond motifs is 1. The van der Waals surface area contributed by atoms with Gasteiger partial charge in [-0.15, -0.1) is 11.3 Å². The number of nitrogens with one attached hydrogen (secondary N) is 1. The van der Waals surface area contributed by atoms with Crippen LogP contribution in [0.25, 0.3) is 22.2 Å². The van der Waals surface area contributed by atoms with E-state index in [1.165, 1.54) is 23.1 Å². The summed E-state index contributed by atoms with van der Waals surface area (Å²) in [5, 5.41) is 15.0. The summed E-state index contributed by atoms with van der Waals surface area (Å²) in [5.41, 5.74) is 5.12. The van der Waals surface area contributed by atoms with E-state index in [1.807, 2.05) is 41.8 Å². The molecule has 5 rings (SSSR count). The maximum Gasteiger partial charge on any atom is 0.269 e. The molecule has 5 aromatic rings. The monoisotopic (exact) mass is 474 g/mol. The number of halogens is 1. The van der Waals surface area contributed by atoms with E-state index in [4.69, 9.17) is 16.6 Å². The number of nitro groups is 1. The molecule has 0 aliphatic heterocycles. The molecular formula is C25H19ClN4O2S. The first kappa shape index (κ1) is 21.2. The van der Waals surface area contributed by atoms with Crippen LogP contribution in [0.5, 0.6) is 0 Å². The topological polar surface area (TPSA) is 76.2 Å². The van der Waals surface area contributed by atoms with Gasteiger partial charge in [-0.1, -0.05) is 29.8 Å². The Morgan fingerprint density at radius 1 is 1.03 bits per heavy atom. The van der Waals surface area contributed by atoms with Crippen molar-refractivity contribution in [2.75, 3.05) is 0 Å². The normalized spacial score (nSPS) is 11.8. The van der Waals surface area contributed by atoms with Crippen LogP contribution in [0.3, 0.4) is 0 Å². The summed E-state index contributed by atoms with van der Waals surface area (Å²) in [6.07, 6.45) is 2.87. The number of thiazole rings is 1. The van der Waals surface area contributed by atoms with Crippen molar-refractivity contribution >= 4 is 45.2 Å². The fourth-order valence-electron chi connectivity index (χ4n) is 3.82. The van der Waals surface area contributed by atoms with E-state index in [2.05, 4.69) is 27.9 Å². The minimum absolute atomic E-state index is 0.0744. The van der Waals surface area contributed by atoms with Crippen molar-refractivity contribution in [2.45, 2.75) is 13.0 Å². The molecule has 0 bridgehead atoms. The molecule has 3 aromatic carbocycles. The van der Waals surface area contributed by atoms with Gasteiger partial charge < -0.3 is 9.55 Å². The number of hydrogen-bond acceptors (Lipinski definition) is 4. The maximum absolute atomic E-state index is 11.1. The second-order valence-electron chi connectivity index (χ2n) is 7.56. The van der Waals surface area contributed by atoms with Crippen molar-refractivity contribution in [2.24, 2.45) is 4.99 Å². The van der Waals surface area contributed by atoms with Crippen LogP contribution in [0.1, 0.15) is 5.56 Å². The average molecular weight is 475 g/mol. The number of para-hydroxylation sites is 1. The number of nitrogens with zero attached hydrogens (tertiary/aromatic N) is 3. The fourth-order valence-corrected chi connectivity index (χ4v) is 4.90. The predicted molar refractivity (Wildman–Crippen MR) is 133 cm³/mol. The standard InChI is InChI=1S/C25H19ClN4O2S/c26-19-7-9-20(10-8-19)28-25-29(14-13-18-15-27-23-4-2-1-3-22(18)23)24(16-33-25)17-5-11-21(12-6-17)30(31)32/h1-12,15-16,27H,13-14H2. The van der Waals surface area contributed by atoms with Crippen molar-refractivity contribution in [3.05, 3.63) is 110 Å². The van der Waals surface area contributed by atoms with E-state index >= 15 is 0 Å². The third-order valence-corrected chi connectivity index (χ3v) is 6.62. The van der Waals surface area contributed by atoms with Gasteiger partial charge in [-0.25, -0.2) is 4.99 Å². The summed E-state index contributed by atoms with van der Waals surface area (Å²) in [7, 11) is 0. The molecule has 0 unspecified atom stereocenters. The van der Waals surface area contributed by atoms with Crippen LogP contribution >= 0.6 is 22.9 Å². The lowest BCUT2D eigenvalue weighted by molar-refractivity contribution is -0.384. The molecule has 8 heteroatoms. The van der Waals surface area contributed by atoms with Crippen molar-refractivity contribution in [3.63, 3.8) is 0 Å². The van der Waals surface area contributed by atoms with Crippen molar-refractivity contribution in [3.8, 4) is 11.3 Å². The number of aryl methyl sites for hydroxylation is 1. The van der Waals surface area contributed by atoms with Crippen LogP contribution < -0.4 is 4.80 Å². The van der Waals surface area contributed by atoms with Crippen LogP contribution in [-0.2, 0) is 13.0 Å². The van der Waals surface area contributed by atoms with E-state index < -0.39 is 0 Å². The van der Waals surface area contributed by atoms with E-state index in [0.29, 0.717) is 11.6 Å². The van der Waals surface area contributed by atoms with Crippen LogP contribution in [0.2, 0.25) is 5.02 Å². The molecular weight excluding hydrogens is 456 g/mol. The summed E-state index contributed by atoms with van der Waals surface area (Å²) in [6.45, 7) is 0.712. The third kappa shape index (κ3) is 4.46. The Bertz CT molecular complexity index is 1500. The maximum atomic E-state index is 11.1. The molecule has 0 saturated carbocycles. The molecule has 1 N–H and O–H groups in total. The summed E-state index contributed by atoms with van der Waals surface area (Å²) < 4.78 is 2.17. The quantitative estimate of drug-likeness (QED) is 0.218. The van der Waals surface area contributed by atoms with Gasteiger partial charge in [0.15, 0.2) is 4.80 Å². The van der Waals surface area contributed by atoms with Crippen LogP contribution in [0.15, 0.2) is 89.4 Å². The molecule has 0 atom stereocenters. The van der Waals surface area contributed by atoms with Crippen LogP contribution in [0.4, 0.5) is 11.4 Å². The van der Waals surface area contributed by atoms with E-state index in [9.17, 15) is 10.1 Å². The van der Waals surface area contributed by atoms with Gasteiger partial charge >= 0.3 is 0 Å². The smallest absolute Gasteiger partial charge is 0.269 e. The Balaban J connectivity index is 1.55. The van der Waals surface area contributed by atoms with Crippen molar-refractivity contribution in [1.29, 1.82) is 0 Å². The molecule has 0 radical (unpaired) electrons. The first-order chi connectivity index (χ1) is 16.1. The van der Waals surface area contributed by atoms with Crippen molar-refractivity contribution < 1.29 is 4.92 Å². The van der Waals surface area contributed by atoms with E-state index in [-0.39, 0.29) is 10.6 Å². The lowest BCUT2D eigenvalue weighted by atomic mass is 10.1. The Kier molecular flexibility index (Phi) is 5.81. The van der Waals surface area contributed by atoms with Crippen molar-refractivity contribution in [1.82, 2.24) is 9.55 Å². The predicted octanol–water partition coefficient (Wildman–Crippen LogP) is 6.73. The highest BCUT2D eigenvalue weighted by molar-refractivity contribution is 7.07. The lowest BCUT2D eigenvalue weighted by Gasteiger charge is -2.09. The zero-order valence-electron chi connectivity index (χ0n) is 17.4. The highest BCUT2D eigenvalue weighted by atomic mass is 35.5. The Hall–Kier alpha value is -3.68. The number of aromatic nitrogens is 2. The Morgan fingerprint density at radius 2 is 1.79 bits per heavy atom. The first-order valence-corrected chi connectivity index (χ1v) is 11.6. The summed E-state index contributed by atoms with van der Waals surface area (Å²) >= 11 is 7.57. The average Bonchev–Trinajstić information content (AvgIpc) is 3.43. The van der Waals surface area contributed by atoms with Crippen LogP contribution in [0, 0.1) is 10.1 Å². The summed E-state index contributed by atoms with van der Waals surface area (Å²) in [5.74, 6) is 0. The summed E-state index contributed by atoms with van der Waals surface area (Å²) in [4.78, 5) is 19.7. The number of benzene rings is 3. The number of aromatic amines is 1. The van der Waals surface area contributed by atoms with Gasteiger partial charge in [0.25, 0.3) is 5.69 Å². The van der Waals surface area contributed by atoms with Gasteiger partial charge in [0.1, 0.15) is 0 Å². The van der Waals surface area contributed by atoms with Gasteiger partial charge in [-0.2, -0.15) is 0 Å². The molecule has 2 heterocycles. The van der Waals surface area contributed by atoms with Gasteiger partial charge in [0, 0.05) is 46.2 Å². The number of hydrogen-bond donors (Lipinski definition) is 1.